The molecular formula is C25H38N4O2. The van der Waals surface area contributed by atoms with E-state index >= 15 is 0 Å². The second-order valence-electron chi connectivity index (χ2n) is 9.33. The van der Waals surface area contributed by atoms with Crippen LogP contribution in [0.15, 0.2) is 12.1 Å². The average Bonchev–Trinajstić information content (AvgIpc) is 3.29. The number of hydrogen-bond acceptors (Lipinski definition) is 6. The first-order valence-electron chi connectivity index (χ1n) is 12.0. The minimum absolute atomic E-state index is 0.469. The quantitative estimate of drug-likeness (QED) is 0.583. The van der Waals surface area contributed by atoms with Crippen molar-refractivity contribution in [1.82, 2.24) is 19.8 Å². The van der Waals surface area contributed by atoms with Crippen LogP contribution in [0.3, 0.4) is 0 Å². The van der Waals surface area contributed by atoms with Crippen LogP contribution in [0.1, 0.15) is 63.4 Å². The minimum Gasteiger partial charge on any atom is -0.493 e. The van der Waals surface area contributed by atoms with E-state index < -0.39 is 0 Å². The minimum atomic E-state index is 0.469. The lowest BCUT2D eigenvalue weighted by atomic mass is 9.90. The molecule has 4 rings (SSSR count). The second kappa shape index (κ2) is 10.1. The molecule has 2 saturated heterocycles. The predicted molar refractivity (Wildman–Crippen MR) is 125 cm³/mol. The Kier molecular flexibility index (Phi) is 7.28. The van der Waals surface area contributed by atoms with E-state index in [1.807, 2.05) is 13.0 Å². The van der Waals surface area contributed by atoms with Gasteiger partial charge in [0.05, 0.1) is 24.9 Å². The molecule has 0 bridgehead atoms. The average molecular weight is 427 g/mol. The summed E-state index contributed by atoms with van der Waals surface area (Å²) in [6, 6.07) is 4.75. The SMILES string of the molecule is COc1cc2c(C3CCN(C(C)C)CC3)nc(C)nc2cc1OCCCN1CCCC1. The summed E-state index contributed by atoms with van der Waals surface area (Å²) in [5.41, 5.74) is 2.13. The van der Waals surface area contributed by atoms with E-state index in [2.05, 4.69) is 29.7 Å². The number of likely N-dealkylation sites (tertiary alicyclic amines) is 2. The normalized spacial score (nSPS) is 18.9. The van der Waals surface area contributed by atoms with Crippen molar-refractivity contribution < 1.29 is 9.47 Å². The lowest BCUT2D eigenvalue weighted by molar-refractivity contribution is 0.171. The van der Waals surface area contributed by atoms with Gasteiger partial charge in [0.25, 0.3) is 0 Å². The molecule has 1 aromatic carbocycles. The van der Waals surface area contributed by atoms with Crippen molar-refractivity contribution in [2.75, 3.05) is 46.4 Å². The molecule has 2 fully saturated rings. The van der Waals surface area contributed by atoms with Gasteiger partial charge in [-0.25, -0.2) is 9.97 Å². The lowest BCUT2D eigenvalue weighted by Crippen LogP contribution is -2.38. The second-order valence-corrected chi connectivity index (χ2v) is 9.33. The molecule has 0 unspecified atom stereocenters. The van der Waals surface area contributed by atoms with Crippen LogP contribution >= 0.6 is 0 Å². The lowest BCUT2D eigenvalue weighted by Gasteiger charge is -2.34. The Hall–Kier alpha value is -1.92. The summed E-state index contributed by atoms with van der Waals surface area (Å²) < 4.78 is 11.8. The van der Waals surface area contributed by atoms with Gasteiger partial charge in [0.1, 0.15) is 5.82 Å². The molecule has 3 heterocycles. The van der Waals surface area contributed by atoms with E-state index in [4.69, 9.17) is 19.4 Å². The molecule has 0 N–H and O–H groups in total. The van der Waals surface area contributed by atoms with Gasteiger partial charge in [0, 0.05) is 30.0 Å². The van der Waals surface area contributed by atoms with Crippen LogP contribution in [0.4, 0.5) is 0 Å². The van der Waals surface area contributed by atoms with Crippen LogP contribution in [0, 0.1) is 6.92 Å². The molecule has 1 aromatic heterocycles. The maximum absolute atomic E-state index is 6.14. The number of nitrogens with zero attached hydrogens (tertiary/aromatic N) is 4. The largest absolute Gasteiger partial charge is 0.493 e. The van der Waals surface area contributed by atoms with Crippen molar-refractivity contribution in [2.24, 2.45) is 0 Å². The van der Waals surface area contributed by atoms with E-state index in [1.54, 1.807) is 7.11 Å². The predicted octanol–water partition coefficient (Wildman–Crippen LogP) is 4.40. The molecule has 0 radical (unpaired) electrons. The summed E-state index contributed by atoms with van der Waals surface area (Å²) in [7, 11) is 1.72. The van der Waals surface area contributed by atoms with Gasteiger partial charge < -0.3 is 19.3 Å². The summed E-state index contributed by atoms with van der Waals surface area (Å²) in [6.07, 6.45) is 5.97. The van der Waals surface area contributed by atoms with Gasteiger partial charge in [-0.05, 0) is 85.1 Å². The summed E-state index contributed by atoms with van der Waals surface area (Å²) in [4.78, 5) is 14.7. The summed E-state index contributed by atoms with van der Waals surface area (Å²) >= 11 is 0. The highest BCUT2D eigenvalue weighted by atomic mass is 16.5. The Morgan fingerprint density at radius 3 is 2.45 bits per heavy atom. The molecule has 0 amide bonds. The number of benzene rings is 1. The highest BCUT2D eigenvalue weighted by molar-refractivity contribution is 5.85. The van der Waals surface area contributed by atoms with Crippen LogP contribution < -0.4 is 9.47 Å². The summed E-state index contributed by atoms with van der Waals surface area (Å²) in [6.45, 7) is 13.1. The van der Waals surface area contributed by atoms with Gasteiger partial charge in [0.15, 0.2) is 11.5 Å². The van der Waals surface area contributed by atoms with Gasteiger partial charge in [-0.1, -0.05) is 0 Å². The Morgan fingerprint density at radius 2 is 1.77 bits per heavy atom. The monoisotopic (exact) mass is 426 g/mol. The van der Waals surface area contributed by atoms with Crippen molar-refractivity contribution in [3.8, 4) is 11.5 Å². The highest BCUT2D eigenvalue weighted by Gasteiger charge is 2.25. The maximum Gasteiger partial charge on any atom is 0.163 e. The Bertz CT molecular complexity index is 871. The zero-order chi connectivity index (χ0) is 21.8. The highest BCUT2D eigenvalue weighted by Crippen LogP contribution is 2.37. The van der Waals surface area contributed by atoms with Crippen molar-refractivity contribution >= 4 is 10.9 Å². The Labute approximate surface area is 186 Å². The zero-order valence-electron chi connectivity index (χ0n) is 19.7. The third kappa shape index (κ3) is 5.29. The van der Waals surface area contributed by atoms with Crippen LogP contribution in [0.2, 0.25) is 0 Å². The van der Waals surface area contributed by atoms with E-state index in [1.165, 1.54) is 31.6 Å². The Morgan fingerprint density at radius 1 is 1.03 bits per heavy atom. The molecule has 0 atom stereocenters. The number of piperidine rings is 1. The molecule has 6 nitrogen and oxygen atoms in total. The molecule has 0 aliphatic carbocycles. The van der Waals surface area contributed by atoms with Crippen LogP contribution in [-0.4, -0.2) is 72.3 Å². The van der Waals surface area contributed by atoms with Crippen molar-refractivity contribution in [3.05, 3.63) is 23.7 Å². The summed E-state index contributed by atoms with van der Waals surface area (Å²) in [5.74, 6) is 2.87. The van der Waals surface area contributed by atoms with Crippen molar-refractivity contribution in [1.29, 1.82) is 0 Å². The maximum atomic E-state index is 6.14. The number of ether oxygens (including phenoxy) is 2. The zero-order valence-corrected chi connectivity index (χ0v) is 19.7. The number of fused-ring (bicyclic) bond motifs is 1. The van der Waals surface area contributed by atoms with E-state index in [0.717, 1.165) is 67.1 Å². The van der Waals surface area contributed by atoms with Gasteiger partial charge in [-0.3, -0.25) is 0 Å². The molecule has 31 heavy (non-hydrogen) atoms. The number of aryl methyl sites for hydroxylation is 1. The fourth-order valence-electron chi connectivity index (χ4n) is 5.03. The molecule has 0 saturated carbocycles. The molecule has 0 spiro atoms. The molecule has 2 aliphatic rings. The van der Waals surface area contributed by atoms with Crippen LogP contribution in [0.5, 0.6) is 11.5 Å². The molecular weight excluding hydrogens is 388 g/mol. The number of aromatic nitrogens is 2. The van der Waals surface area contributed by atoms with Crippen LogP contribution in [-0.2, 0) is 0 Å². The standard InChI is InChI=1S/C25H38N4O2/c1-18(2)29-13-8-20(9-14-29)25-21-16-23(30-4)24(17-22(21)26-19(3)27-25)31-15-7-12-28-10-5-6-11-28/h16-18,20H,5-15H2,1-4H3. The third-order valence-corrected chi connectivity index (χ3v) is 6.84. The first-order chi connectivity index (χ1) is 15.0. The van der Waals surface area contributed by atoms with Gasteiger partial charge in [-0.15, -0.1) is 0 Å². The molecule has 2 aromatic rings. The van der Waals surface area contributed by atoms with Gasteiger partial charge in [-0.2, -0.15) is 0 Å². The van der Waals surface area contributed by atoms with Gasteiger partial charge in [0.2, 0.25) is 0 Å². The molecule has 170 valence electrons. The van der Waals surface area contributed by atoms with Crippen molar-refractivity contribution in [3.63, 3.8) is 0 Å². The fraction of sp³-hybridized carbons (Fsp3) is 0.680. The number of rotatable bonds is 8. The smallest absolute Gasteiger partial charge is 0.163 e. The van der Waals surface area contributed by atoms with Gasteiger partial charge >= 0.3 is 0 Å². The van der Waals surface area contributed by atoms with E-state index in [-0.39, 0.29) is 0 Å². The number of hydrogen-bond donors (Lipinski definition) is 0. The Balaban J connectivity index is 1.51. The number of methoxy groups -OCH3 is 1. The molecule has 2 aliphatic heterocycles. The first-order valence-corrected chi connectivity index (χ1v) is 12.0. The summed E-state index contributed by atoms with van der Waals surface area (Å²) in [5, 5.41) is 1.11. The molecule has 6 heteroatoms. The topological polar surface area (TPSA) is 50.7 Å². The van der Waals surface area contributed by atoms with Crippen molar-refractivity contribution in [2.45, 2.75) is 64.8 Å². The van der Waals surface area contributed by atoms with E-state index in [9.17, 15) is 0 Å². The van der Waals surface area contributed by atoms with E-state index in [0.29, 0.717) is 18.6 Å². The first kappa shape index (κ1) is 22.3. The van der Waals surface area contributed by atoms with Crippen LogP contribution in [0.25, 0.3) is 10.9 Å². The third-order valence-electron chi connectivity index (χ3n) is 6.84. The fourth-order valence-corrected chi connectivity index (χ4v) is 5.03.